The van der Waals surface area contributed by atoms with Crippen LogP contribution < -0.4 is 10.4 Å². The standard InChI is InChI=1S/C10H13BrN2O3/c1-15-9-7(11)6-13(10(14)12-9)8-4-2-3-5-16-8/h6,8H,2-5H2,1H3. The lowest BCUT2D eigenvalue weighted by Gasteiger charge is -2.24. The summed E-state index contributed by atoms with van der Waals surface area (Å²) in [4.78, 5) is 15.5. The van der Waals surface area contributed by atoms with Crippen molar-refractivity contribution in [2.45, 2.75) is 25.5 Å². The lowest BCUT2D eigenvalue weighted by molar-refractivity contribution is -0.0351. The predicted octanol–water partition coefficient (Wildman–Crippen LogP) is 1.71. The minimum Gasteiger partial charge on any atom is -0.480 e. The van der Waals surface area contributed by atoms with Crippen LogP contribution in [0.4, 0.5) is 0 Å². The summed E-state index contributed by atoms with van der Waals surface area (Å²) in [6.45, 7) is 0.695. The van der Waals surface area contributed by atoms with Crippen LogP contribution in [0.1, 0.15) is 25.5 Å². The Morgan fingerprint density at radius 2 is 2.44 bits per heavy atom. The monoisotopic (exact) mass is 288 g/mol. The fourth-order valence-corrected chi connectivity index (χ4v) is 2.19. The third kappa shape index (κ3) is 2.27. The van der Waals surface area contributed by atoms with E-state index < -0.39 is 0 Å². The van der Waals surface area contributed by atoms with Crippen molar-refractivity contribution in [3.63, 3.8) is 0 Å². The van der Waals surface area contributed by atoms with Crippen molar-refractivity contribution < 1.29 is 9.47 Å². The maximum absolute atomic E-state index is 11.7. The Bertz CT molecular complexity index is 427. The molecule has 2 heterocycles. The molecule has 0 bridgehead atoms. The second-order valence-electron chi connectivity index (χ2n) is 3.61. The van der Waals surface area contributed by atoms with Crippen LogP contribution in [0.2, 0.25) is 0 Å². The van der Waals surface area contributed by atoms with E-state index in [1.807, 2.05) is 0 Å². The van der Waals surface area contributed by atoms with Crippen LogP contribution >= 0.6 is 15.9 Å². The third-order valence-electron chi connectivity index (χ3n) is 2.53. The predicted molar refractivity (Wildman–Crippen MR) is 61.6 cm³/mol. The number of ether oxygens (including phenoxy) is 2. The Balaban J connectivity index is 2.33. The fourth-order valence-electron chi connectivity index (χ4n) is 1.72. The van der Waals surface area contributed by atoms with Gasteiger partial charge in [-0.2, -0.15) is 4.98 Å². The van der Waals surface area contributed by atoms with Crippen molar-refractivity contribution in [3.05, 3.63) is 21.2 Å². The quantitative estimate of drug-likeness (QED) is 0.831. The first-order chi connectivity index (χ1) is 7.72. The fraction of sp³-hybridized carbons (Fsp3) is 0.600. The second kappa shape index (κ2) is 4.97. The Morgan fingerprint density at radius 1 is 1.62 bits per heavy atom. The van der Waals surface area contributed by atoms with Gasteiger partial charge in [-0.25, -0.2) is 4.79 Å². The van der Waals surface area contributed by atoms with Crippen molar-refractivity contribution in [2.75, 3.05) is 13.7 Å². The Kier molecular flexibility index (Phi) is 3.60. The molecule has 0 aliphatic carbocycles. The van der Waals surface area contributed by atoms with Gasteiger partial charge in [-0.05, 0) is 35.2 Å². The summed E-state index contributed by atoms with van der Waals surface area (Å²) >= 11 is 3.31. The molecular weight excluding hydrogens is 276 g/mol. The molecule has 0 saturated carbocycles. The average Bonchev–Trinajstić information content (AvgIpc) is 2.32. The molecule has 5 nitrogen and oxygen atoms in total. The van der Waals surface area contributed by atoms with E-state index in [0.717, 1.165) is 19.3 Å². The molecule has 1 aromatic rings. The smallest absolute Gasteiger partial charge is 0.353 e. The van der Waals surface area contributed by atoms with Crippen molar-refractivity contribution >= 4 is 15.9 Å². The summed E-state index contributed by atoms with van der Waals surface area (Å²) in [6.07, 6.45) is 4.44. The van der Waals surface area contributed by atoms with Gasteiger partial charge in [0.25, 0.3) is 0 Å². The number of halogens is 1. The SMILES string of the molecule is COc1nc(=O)n(C2CCCCO2)cc1Br. The van der Waals surface area contributed by atoms with Gasteiger partial charge in [0.2, 0.25) is 5.88 Å². The van der Waals surface area contributed by atoms with Gasteiger partial charge in [-0.1, -0.05) is 0 Å². The third-order valence-corrected chi connectivity index (χ3v) is 3.08. The number of hydrogen-bond acceptors (Lipinski definition) is 4. The number of methoxy groups -OCH3 is 1. The summed E-state index contributed by atoms with van der Waals surface area (Å²) in [5.74, 6) is 0.303. The summed E-state index contributed by atoms with van der Waals surface area (Å²) in [5.41, 5.74) is -0.341. The van der Waals surface area contributed by atoms with E-state index in [1.54, 1.807) is 6.20 Å². The molecule has 2 rings (SSSR count). The summed E-state index contributed by atoms with van der Waals surface area (Å²) in [7, 11) is 1.48. The van der Waals surface area contributed by atoms with E-state index in [-0.39, 0.29) is 11.9 Å². The number of rotatable bonds is 2. The first kappa shape index (κ1) is 11.6. The molecule has 16 heavy (non-hydrogen) atoms. The Hall–Kier alpha value is -0.880. The molecular formula is C10H13BrN2O3. The van der Waals surface area contributed by atoms with Gasteiger partial charge in [0.15, 0.2) is 0 Å². The highest BCUT2D eigenvalue weighted by atomic mass is 79.9. The van der Waals surface area contributed by atoms with Gasteiger partial charge < -0.3 is 9.47 Å². The van der Waals surface area contributed by atoms with E-state index in [4.69, 9.17) is 9.47 Å². The molecule has 1 fully saturated rings. The van der Waals surface area contributed by atoms with Crippen LogP contribution in [0.15, 0.2) is 15.5 Å². The lowest BCUT2D eigenvalue weighted by atomic mass is 10.2. The molecule has 1 aliphatic heterocycles. The average molecular weight is 289 g/mol. The minimum absolute atomic E-state index is 0.198. The molecule has 0 radical (unpaired) electrons. The number of aromatic nitrogens is 2. The van der Waals surface area contributed by atoms with Crippen LogP contribution in [0.25, 0.3) is 0 Å². The molecule has 0 N–H and O–H groups in total. The molecule has 88 valence electrons. The minimum atomic E-state index is -0.341. The molecule has 1 saturated heterocycles. The zero-order valence-corrected chi connectivity index (χ0v) is 10.6. The first-order valence-corrected chi connectivity index (χ1v) is 5.96. The normalized spacial score (nSPS) is 20.8. The number of nitrogens with zero attached hydrogens (tertiary/aromatic N) is 2. The molecule has 1 unspecified atom stereocenters. The molecule has 0 spiro atoms. The van der Waals surface area contributed by atoms with E-state index >= 15 is 0 Å². The van der Waals surface area contributed by atoms with Crippen molar-refractivity contribution in [1.29, 1.82) is 0 Å². The highest BCUT2D eigenvalue weighted by molar-refractivity contribution is 9.10. The summed E-state index contributed by atoms with van der Waals surface area (Å²) in [5, 5.41) is 0. The van der Waals surface area contributed by atoms with Crippen LogP contribution in [0.3, 0.4) is 0 Å². The molecule has 0 aromatic carbocycles. The van der Waals surface area contributed by atoms with Gasteiger partial charge in [0.1, 0.15) is 6.23 Å². The zero-order valence-electron chi connectivity index (χ0n) is 8.98. The zero-order chi connectivity index (χ0) is 11.5. The van der Waals surface area contributed by atoms with Gasteiger partial charge in [0.05, 0.1) is 11.6 Å². The lowest BCUT2D eigenvalue weighted by Crippen LogP contribution is -2.30. The molecule has 1 atom stereocenters. The van der Waals surface area contributed by atoms with E-state index in [0.29, 0.717) is 17.0 Å². The second-order valence-corrected chi connectivity index (χ2v) is 4.46. The van der Waals surface area contributed by atoms with Crippen LogP contribution in [0, 0.1) is 0 Å². The molecule has 6 heteroatoms. The van der Waals surface area contributed by atoms with Crippen LogP contribution in [0.5, 0.6) is 5.88 Å². The van der Waals surface area contributed by atoms with Crippen molar-refractivity contribution in [2.24, 2.45) is 0 Å². The maximum Gasteiger partial charge on any atom is 0.353 e. The Labute approximate surface area is 102 Å². The summed E-state index contributed by atoms with van der Waals surface area (Å²) < 4.78 is 12.7. The topological polar surface area (TPSA) is 53.3 Å². The van der Waals surface area contributed by atoms with E-state index in [9.17, 15) is 4.79 Å². The highest BCUT2D eigenvalue weighted by Crippen LogP contribution is 2.24. The number of hydrogen-bond donors (Lipinski definition) is 0. The Morgan fingerprint density at radius 3 is 3.06 bits per heavy atom. The molecule has 0 amide bonds. The van der Waals surface area contributed by atoms with Gasteiger partial charge in [-0.15, -0.1) is 0 Å². The van der Waals surface area contributed by atoms with Gasteiger partial charge >= 0.3 is 5.69 Å². The van der Waals surface area contributed by atoms with Crippen LogP contribution in [-0.4, -0.2) is 23.3 Å². The van der Waals surface area contributed by atoms with Crippen molar-refractivity contribution in [1.82, 2.24) is 9.55 Å². The highest BCUT2D eigenvalue weighted by Gasteiger charge is 2.18. The molecule has 1 aromatic heterocycles. The first-order valence-electron chi connectivity index (χ1n) is 5.16. The summed E-state index contributed by atoms with van der Waals surface area (Å²) in [6, 6.07) is 0. The van der Waals surface area contributed by atoms with Gasteiger partial charge in [-0.3, -0.25) is 4.57 Å². The van der Waals surface area contributed by atoms with Gasteiger partial charge in [0, 0.05) is 12.8 Å². The van der Waals surface area contributed by atoms with E-state index in [2.05, 4.69) is 20.9 Å². The van der Waals surface area contributed by atoms with Crippen LogP contribution in [-0.2, 0) is 4.74 Å². The largest absolute Gasteiger partial charge is 0.480 e. The van der Waals surface area contributed by atoms with Crippen molar-refractivity contribution in [3.8, 4) is 5.88 Å². The molecule has 1 aliphatic rings. The van der Waals surface area contributed by atoms with E-state index in [1.165, 1.54) is 11.7 Å². The maximum atomic E-state index is 11.7.